The minimum Gasteiger partial charge on any atom is -0.354 e. The summed E-state index contributed by atoms with van der Waals surface area (Å²) in [5.41, 5.74) is 0.561. The van der Waals surface area contributed by atoms with Gasteiger partial charge in [0, 0.05) is 22.2 Å². The van der Waals surface area contributed by atoms with Crippen molar-refractivity contribution >= 4 is 50.1 Å². The zero-order valence-corrected chi connectivity index (χ0v) is 21.2. The van der Waals surface area contributed by atoms with Crippen LogP contribution in [0, 0.1) is 9.39 Å². The molecule has 0 aliphatic carbocycles. The second-order valence-electron chi connectivity index (χ2n) is 7.33. The van der Waals surface area contributed by atoms with Gasteiger partial charge in [-0.3, -0.25) is 13.9 Å². The van der Waals surface area contributed by atoms with Crippen molar-refractivity contribution in [2.24, 2.45) is 0 Å². The largest absolute Gasteiger partial charge is 0.354 e. The molecule has 1 atom stereocenters. The average molecular weight is 575 g/mol. The molecular formula is C22H27FIN3O4S. The number of halogens is 2. The molecule has 0 heterocycles. The first-order valence-corrected chi connectivity index (χ1v) is 13.0. The molecule has 0 spiro atoms. The van der Waals surface area contributed by atoms with E-state index in [0.29, 0.717) is 18.7 Å². The predicted octanol–water partition coefficient (Wildman–Crippen LogP) is 3.14. The van der Waals surface area contributed by atoms with Gasteiger partial charge in [-0.2, -0.15) is 0 Å². The molecule has 2 rings (SSSR count). The summed E-state index contributed by atoms with van der Waals surface area (Å²) in [7, 11) is -3.79. The summed E-state index contributed by atoms with van der Waals surface area (Å²) >= 11 is 2.10. The highest BCUT2D eigenvalue weighted by Gasteiger charge is 2.30. The van der Waals surface area contributed by atoms with Gasteiger partial charge >= 0.3 is 0 Å². The van der Waals surface area contributed by atoms with E-state index in [1.165, 1.54) is 23.1 Å². The van der Waals surface area contributed by atoms with E-state index in [4.69, 9.17) is 0 Å². The number of rotatable bonds is 10. The van der Waals surface area contributed by atoms with Gasteiger partial charge in [0.15, 0.2) is 0 Å². The summed E-state index contributed by atoms with van der Waals surface area (Å²) in [6.45, 7) is 3.19. The lowest BCUT2D eigenvalue weighted by Gasteiger charge is -2.31. The van der Waals surface area contributed by atoms with Crippen LogP contribution in [-0.2, 0) is 26.2 Å². The van der Waals surface area contributed by atoms with Gasteiger partial charge in [0.1, 0.15) is 18.4 Å². The van der Waals surface area contributed by atoms with Gasteiger partial charge in [-0.15, -0.1) is 0 Å². The molecule has 0 aliphatic heterocycles. The van der Waals surface area contributed by atoms with Gasteiger partial charge in [0.2, 0.25) is 21.8 Å². The van der Waals surface area contributed by atoms with Crippen LogP contribution in [0.5, 0.6) is 0 Å². The van der Waals surface area contributed by atoms with E-state index < -0.39 is 40.2 Å². The molecule has 0 fully saturated rings. The zero-order valence-electron chi connectivity index (χ0n) is 18.2. The molecule has 0 unspecified atom stereocenters. The molecule has 2 aromatic carbocycles. The topological polar surface area (TPSA) is 86.8 Å². The van der Waals surface area contributed by atoms with Crippen molar-refractivity contribution in [2.75, 3.05) is 23.7 Å². The Balaban J connectivity index is 2.37. The summed E-state index contributed by atoms with van der Waals surface area (Å²) in [4.78, 5) is 27.1. The first kappa shape index (κ1) is 26.0. The Morgan fingerprint density at radius 3 is 2.31 bits per heavy atom. The number of carbonyl (C=O) groups excluding carboxylic acids is 2. The summed E-state index contributed by atoms with van der Waals surface area (Å²) in [5, 5.41) is 2.73. The van der Waals surface area contributed by atoms with Crippen molar-refractivity contribution in [3.8, 4) is 0 Å². The van der Waals surface area contributed by atoms with E-state index in [-0.39, 0.29) is 12.1 Å². The zero-order chi connectivity index (χ0) is 23.9. The number of benzene rings is 2. The van der Waals surface area contributed by atoms with Crippen molar-refractivity contribution < 1.29 is 22.4 Å². The number of carbonyl (C=O) groups is 2. The Morgan fingerprint density at radius 1 is 1.12 bits per heavy atom. The van der Waals surface area contributed by atoms with Gasteiger partial charge in [-0.25, -0.2) is 12.8 Å². The SMILES string of the molecule is CCCNC(=O)[C@H](C)N(Cc1ccccc1F)C(=O)CN(c1ccc(I)cc1)S(C)(=O)=O. The quantitative estimate of drug-likeness (QED) is 0.442. The summed E-state index contributed by atoms with van der Waals surface area (Å²) in [6, 6.07) is 11.7. The standard InChI is InChI=1S/C22H27FIN3O4S/c1-4-13-25-22(29)16(2)26(14-17-7-5-6-8-20(17)23)21(28)15-27(32(3,30)31)19-11-9-18(24)10-12-19/h5-12,16H,4,13-15H2,1-3H3,(H,25,29)/t16-/m0/s1. The van der Waals surface area contributed by atoms with Crippen LogP contribution in [-0.4, -0.2) is 50.5 Å². The van der Waals surface area contributed by atoms with E-state index in [1.807, 2.05) is 6.92 Å². The molecule has 2 aromatic rings. The fourth-order valence-electron chi connectivity index (χ4n) is 3.01. The van der Waals surface area contributed by atoms with Gasteiger partial charge in [-0.05, 0) is 66.3 Å². The Hall–Kier alpha value is -2.21. The molecule has 1 N–H and O–H groups in total. The first-order chi connectivity index (χ1) is 15.0. The smallest absolute Gasteiger partial charge is 0.244 e. The Bertz CT molecular complexity index is 1050. The lowest BCUT2D eigenvalue weighted by molar-refractivity contribution is -0.139. The van der Waals surface area contributed by atoms with Crippen LogP contribution in [0.15, 0.2) is 48.5 Å². The number of nitrogens with zero attached hydrogens (tertiary/aromatic N) is 2. The third-order valence-electron chi connectivity index (χ3n) is 4.81. The Morgan fingerprint density at radius 2 is 1.75 bits per heavy atom. The highest BCUT2D eigenvalue weighted by Crippen LogP contribution is 2.21. The third kappa shape index (κ3) is 7.16. The van der Waals surface area contributed by atoms with Gasteiger partial charge in [-0.1, -0.05) is 25.1 Å². The van der Waals surface area contributed by atoms with Crippen LogP contribution >= 0.6 is 22.6 Å². The minimum atomic E-state index is -3.79. The third-order valence-corrected chi connectivity index (χ3v) is 6.67. The molecule has 0 radical (unpaired) electrons. The molecule has 0 saturated carbocycles. The van der Waals surface area contributed by atoms with Crippen LogP contribution < -0.4 is 9.62 Å². The molecule has 174 valence electrons. The van der Waals surface area contributed by atoms with Crippen LogP contribution in [0.4, 0.5) is 10.1 Å². The normalized spacial score (nSPS) is 12.2. The number of hydrogen-bond donors (Lipinski definition) is 1. The monoisotopic (exact) mass is 575 g/mol. The molecule has 0 aromatic heterocycles. The predicted molar refractivity (Wildman–Crippen MR) is 131 cm³/mol. The molecule has 0 saturated heterocycles. The molecule has 0 aliphatic rings. The molecule has 32 heavy (non-hydrogen) atoms. The van der Waals surface area contributed by atoms with E-state index in [1.54, 1.807) is 37.3 Å². The van der Waals surface area contributed by atoms with Crippen LogP contribution in [0.2, 0.25) is 0 Å². The minimum absolute atomic E-state index is 0.170. The average Bonchev–Trinajstić information content (AvgIpc) is 2.74. The summed E-state index contributed by atoms with van der Waals surface area (Å²) in [6.07, 6.45) is 1.73. The highest BCUT2D eigenvalue weighted by molar-refractivity contribution is 14.1. The lowest BCUT2D eigenvalue weighted by Crippen LogP contribution is -2.51. The maximum atomic E-state index is 14.3. The van der Waals surface area contributed by atoms with E-state index in [9.17, 15) is 22.4 Å². The van der Waals surface area contributed by atoms with Crippen molar-refractivity contribution in [1.82, 2.24) is 10.2 Å². The van der Waals surface area contributed by atoms with Gasteiger partial charge < -0.3 is 10.2 Å². The van der Waals surface area contributed by atoms with Gasteiger partial charge in [0.25, 0.3) is 0 Å². The van der Waals surface area contributed by atoms with Crippen LogP contribution in [0.1, 0.15) is 25.8 Å². The molecule has 2 amide bonds. The van der Waals surface area contributed by atoms with Crippen molar-refractivity contribution in [3.63, 3.8) is 0 Å². The molecular weight excluding hydrogens is 548 g/mol. The van der Waals surface area contributed by atoms with Crippen molar-refractivity contribution in [1.29, 1.82) is 0 Å². The maximum Gasteiger partial charge on any atom is 0.244 e. The van der Waals surface area contributed by atoms with Crippen molar-refractivity contribution in [3.05, 3.63) is 63.5 Å². The van der Waals surface area contributed by atoms with Crippen molar-refractivity contribution in [2.45, 2.75) is 32.9 Å². The lowest BCUT2D eigenvalue weighted by atomic mass is 10.1. The number of anilines is 1. The maximum absolute atomic E-state index is 14.3. The van der Waals surface area contributed by atoms with E-state index in [0.717, 1.165) is 14.1 Å². The number of nitrogens with one attached hydrogen (secondary N) is 1. The highest BCUT2D eigenvalue weighted by atomic mass is 127. The molecule has 10 heteroatoms. The second-order valence-corrected chi connectivity index (χ2v) is 10.5. The van der Waals surface area contributed by atoms with E-state index >= 15 is 0 Å². The van der Waals surface area contributed by atoms with Gasteiger partial charge in [0.05, 0.1) is 11.9 Å². The Kier molecular flexibility index (Phi) is 9.44. The second kappa shape index (κ2) is 11.6. The van der Waals surface area contributed by atoms with Crippen LogP contribution in [0.3, 0.4) is 0 Å². The summed E-state index contributed by atoms with van der Waals surface area (Å²) in [5.74, 6) is -1.52. The number of sulfonamides is 1. The van der Waals surface area contributed by atoms with E-state index in [2.05, 4.69) is 27.9 Å². The van der Waals surface area contributed by atoms with Crippen LogP contribution in [0.25, 0.3) is 0 Å². The number of amides is 2. The first-order valence-electron chi connectivity index (χ1n) is 10.1. The fraction of sp³-hybridized carbons (Fsp3) is 0.364. The molecule has 7 nitrogen and oxygen atoms in total. The fourth-order valence-corrected chi connectivity index (χ4v) is 4.22. The number of hydrogen-bond acceptors (Lipinski definition) is 4. The summed E-state index contributed by atoms with van der Waals surface area (Å²) < 4.78 is 41.1. The molecule has 0 bridgehead atoms. The Labute approximate surface area is 202 Å².